The first-order valence-corrected chi connectivity index (χ1v) is 9.06. The van der Waals surface area contributed by atoms with E-state index in [9.17, 15) is 4.79 Å². The minimum absolute atomic E-state index is 0.00618. The van der Waals surface area contributed by atoms with E-state index >= 15 is 0 Å². The number of benzene rings is 1. The van der Waals surface area contributed by atoms with E-state index in [4.69, 9.17) is 0 Å². The Morgan fingerprint density at radius 3 is 2.23 bits per heavy atom. The second-order valence-electron chi connectivity index (χ2n) is 7.72. The number of carbonyl (C=O) groups excluding carboxylic acids is 1. The van der Waals surface area contributed by atoms with E-state index in [-0.39, 0.29) is 11.4 Å². The molecule has 1 aromatic heterocycles. The van der Waals surface area contributed by atoms with Crippen molar-refractivity contribution < 1.29 is 4.79 Å². The van der Waals surface area contributed by atoms with Crippen LogP contribution < -0.4 is 5.32 Å². The molecule has 0 bridgehead atoms. The first-order valence-electron chi connectivity index (χ1n) is 9.06. The van der Waals surface area contributed by atoms with Crippen LogP contribution in [-0.4, -0.2) is 57.4 Å². The Bertz CT molecular complexity index is 716. The van der Waals surface area contributed by atoms with Crippen molar-refractivity contribution in [3.05, 3.63) is 53.9 Å². The van der Waals surface area contributed by atoms with Crippen LogP contribution in [0.4, 0.5) is 5.95 Å². The minimum atomic E-state index is -0.111. The highest BCUT2D eigenvalue weighted by molar-refractivity contribution is 5.93. The lowest BCUT2D eigenvalue weighted by Crippen LogP contribution is -2.48. The molecule has 0 unspecified atom stereocenters. The maximum atomic E-state index is 12.7. The summed E-state index contributed by atoms with van der Waals surface area (Å²) < 4.78 is 0. The lowest BCUT2D eigenvalue weighted by molar-refractivity contribution is 0.0627. The molecule has 1 amide bonds. The van der Waals surface area contributed by atoms with Gasteiger partial charge in [0.25, 0.3) is 5.91 Å². The van der Waals surface area contributed by atoms with Crippen LogP contribution in [-0.2, 0) is 6.54 Å². The summed E-state index contributed by atoms with van der Waals surface area (Å²) in [5, 5.41) is 3.20. The van der Waals surface area contributed by atoms with E-state index < -0.39 is 0 Å². The van der Waals surface area contributed by atoms with Gasteiger partial charge in [-0.25, -0.2) is 9.97 Å². The van der Waals surface area contributed by atoms with Gasteiger partial charge in [0.1, 0.15) is 0 Å². The van der Waals surface area contributed by atoms with Gasteiger partial charge in [-0.1, -0.05) is 30.3 Å². The van der Waals surface area contributed by atoms with Crippen molar-refractivity contribution >= 4 is 11.9 Å². The third-order valence-corrected chi connectivity index (χ3v) is 4.29. The van der Waals surface area contributed by atoms with Crippen LogP contribution in [0.1, 0.15) is 36.7 Å². The van der Waals surface area contributed by atoms with Crippen molar-refractivity contribution in [3.63, 3.8) is 0 Å². The van der Waals surface area contributed by atoms with E-state index in [1.165, 1.54) is 5.56 Å². The molecular weight excluding hydrogens is 326 g/mol. The predicted molar refractivity (Wildman–Crippen MR) is 103 cm³/mol. The summed E-state index contributed by atoms with van der Waals surface area (Å²) in [6, 6.07) is 10.4. The number of nitrogens with zero attached hydrogens (tertiary/aromatic N) is 4. The molecule has 1 saturated heterocycles. The Hall–Kier alpha value is -2.47. The fraction of sp³-hybridized carbons (Fsp3) is 0.450. The molecule has 2 aromatic rings. The molecule has 138 valence electrons. The highest BCUT2D eigenvalue weighted by Crippen LogP contribution is 2.13. The Balaban J connectivity index is 1.53. The molecule has 0 saturated carbocycles. The van der Waals surface area contributed by atoms with Crippen molar-refractivity contribution in [1.82, 2.24) is 19.8 Å². The minimum Gasteiger partial charge on any atom is -0.350 e. The zero-order valence-electron chi connectivity index (χ0n) is 15.8. The Morgan fingerprint density at radius 1 is 1.04 bits per heavy atom. The van der Waals surface area contributed by atoms with Crippen LogP contribution in [0.5, 0.6) is 0 Å². The molecule has 0 aliphatic carbocycles. The third kappa shape index (κ3) is 5.02. The molecule has 1 fully saturated rings. The number of rotatable bonds is 4. The molecule has 1 aromatic carbocycles. The topological polar surface area (TPSA) is 61.4 Å². The standard InChI is InChI=1S/C20H27N5O/c1-20(2,3)23-19-21-13-17(14-22-19)18(26)25-11-9-24(10-12-25)15-16-7-5-4-6-8-16/h4-8,13-14H,9-12,15H2,1-3H3,(H,21,22,23). The largest absolute Gasteiger partial charge is 0.350 e. The summed E-state index contributed by atoms with van der Waals surface area (Å²) in [5.74, 6) is 0.549. The number of amides is 1. The SMILES string of the molecule is CC(C)(C)Nc1ncc(C(=O)N2CCN(Cc3ccccc3)CC2)cn1. The van der Waals surface area contributed by atoms with Gasteiger partial charge in [-0.3, -0.25) is 9.69 Å². The molecule has 2 heterocycles. The van der Waals surface area contributed by atoms with Crippen molar-refractivity contribution in [1.29, 1.82) is 0 Å². The smallest absolute Gasteiger partial charge is 0.257 e. The monoisotopic (exact) mass is 353 g/mol. The number of anilines is 1. The Morgan fingerprint density at radius 2 is 1.65 bits per heavy atom. The van der Waals surface area contributed by atoms with Crippen LogP contribution >= 0.6 is 0 Å². The number of piperazine rings is 1. The Kier molecular flexibility index (Phi) is 5.52. The average molecular weight is 353 g/mol. The molecular formula is C20H27N5O. The normalized spacial score (nSPS) is 15.7. The lowest BCUT2D eigenvalue weighted by Gasteiger charge is -2.34. The number of aromatic nitrogens is 2. The van der Waals surface area contributed by atoms with Gasteiger partial charge in [0, 0.05) is 50.7 Å². The zero-order valence-corrected chi connectivity index (χ0v) is 15.8. The zero-order chi connectivity index (χ0) is 18.6. The first kappa shape index (κ1) is 18.3. The molecule has 0 atom stereocenters. The molecule has 6 nitrogen and oxygen atoms in total. The van der Waals surface area contributed by atoms with Gasteiger partial charge in [0.2, 0.25) is 5.95 Å². The number of carbonyl (C=O) groups is 1. The fourth-order valence-corrected chi connectivity index (χ4v) is 2.97. The first-order chi connectivity index (χ1) is 12.4. The maximum absolute atomic E-state index is 12.7. The summed E-state index contributed by atoms with van der Waals surface area (Å²) in [6.07, 6.45) is 3.22. The van der Waals surface area contributed by atoms with E-state index in [0.29, 0.717) is 11.5 Å². The molecule has 1 aliphatic heterocycles. The molecule has 26 heavy (non-hydrogen) atoms. The van der Waals surface area contributed by atoms with Crippen molar-refractivity contribution in [3.8, 4) is 0 Å². The highest BCUT2D eigenvalue weighted by Gasteiger charge is 2.23. The van der Waals surface area contributed by atoms with Gasteiger partial charge in [0.15, 0.2) is 0 Å². The summed E-state index contributed by atoms with van der Waals surface area (Å²) in [5.41, 5.74) is 1.74. The molecule has 0 spiro atoms. The molecule has 6 heteroatoms. The highest BCUT2D eigenvalue weighted by atomic mass is 16.2. The van der Waals surface area contributed by atoms with Crippen LogP contribution in [0.15, 0.2) is 42.7 Å². The van der Waals surface area contributed by atoms with Gasteiger partial charge >= 0.3 is 0 Å². The number of hydrogen-bond acceptors (Lipinski definition) is 5. The number of nitrogens with one attached hydrogen (secondary N) is 1. The van der Waals surface area contributed by atoms with Crippen molar-refractivity contribution in [2.45, 2.75) is 32.9 Å². The second kappa shape index (κ2) is 7.83. The Labute approximate surface area is 155 Å². The van der Waals surface area contributed by atoms with Crippen LogP contribution in [0.2, 0.25) is 0 Å². The van der Waals surface area contributed by atoms with Crippen LogP contribution in [0.25, 0.3) is 0 Å². The van der Waals surface area contributed by atoms with Crippen molar-refractivity contribution in [2.24, 2.45) is 0 Å². The lowest BCUT2D eigenvalue weighted by atomic mass is 10.1. The van der Waals surface area contributed by atoms with Crippen molar-refractivity contribution in [2.75, 3.05) is 31.5 Å². The summed E-state index contributed by atoms with van der Waals surface area (Å²) in [7, 11) is 0. The molecule has 1 N–H and O–H groups in total. The number of hydrogen-bond donors (Lipinski definition) is 1. The van der Waals surface area contributed by atoms with Crippen LogP contribution in [0.3, 0.4) is 0 Å². The van der Waals surface area contributed by atoms with Gasteiger partial charge in [-0.2, -0.15) is 0 Å². The summed E-state index contributed by atoms with van der Waals surface area (Å²) >= 11 is 0. The second-order valence-corrected chi connectivity index (χ2v) is 7.72. The molecule has 3 rings (SSSR count). The van der Waals surface area contributed by atoms with E-state index in [0.717, 1.165) is 32.7 Å². The van der Waals surface area contributed by atoms with E-state index in [1.807, 2.05) is 31.7 Å². The molecule has 1 aliphatic rings. The maximum Gasteiger partial charge on any atom is 0.257 e. The van der Waals surface area contributed by atoms with Gasteiger partial charge in [0.05, 0.1) is 5.56 Å². The summed E-state index contributed by atoms with van der Waals surface area (Å²) in [4.78, 5) is 25.5. The quantitative estimate of drug-likeness (QED) is 0.916. The van der Waals surface area contributed by atoms with Crippen LogP contribution in [0, 0.1) is 0 Å². The van der Waals surface area contributed by atoms with Gasteiger partial charge in [-0.15, -0.1) is 0 Å². The predicted octanol–water partition coefficient (Wildman–Crippen LogP) is 2.65. The molecule has 0 radical (unpaired) electrons. The average Bonchev–Trinajstić information content (AvgIpc) is 2.62. The third-order valence-electron chi connectivity index (χ3n) is 4.29. The van der Waals surface area contributed by atoms with E-state index in [2.05, 4.69) is 44.5 Å². The van der Waals surface area contributed by atoms with Gasteiger partial charge in [-0.05, 0) is 26.3 Å². The fourth-order valence-electron chi connectivity index (χ4n) is 2.97. The summed E-state index contributed by atoms with van der Waals surface area (Å²) in [6.45, 7) is 10.3. The van der Waals surface area contributed by atoms with E-state index in [1.54, 1.807) is 12.4 Å². The van der Waals surface area contributed by atoms with Gasteiger partial charge < -0.3 is 10.2 Å².